The van der Waals surface area contributed by atoms with Gasteiger partial charge in [-0.15, -0.1) is 0 Å². The summed E-state index contributed by atoms with van der Waals surface area (Å²) >= 11 is 0. The molecule has 0 aliphatic heterocycles. The van der Waals surface area contributed by atoms with Crippen molar-refractivity contribution in [2.75, 3.05) is 7.11 Å². The van der Waals surface area contributed by atoms with Gasteiger partial charge in [-0.3, -0.25) is 0 Å². The molecule has 0 aromatic rings. The summed E-state index contributed by atoms with van der Waals surface area (Å²) < 4.78 is 4.77. The Labute approximate surface area is 65.8 Å². The minimum atomic E-state index is -0.919. The van der Waals surface area contributed by atoms with Gasteiger partial charge < -0.3 is 19.7 Å². The first kappa shape index (κ1) is 10.6. The number of rotatable bonds is 5. The summed E-state index contributed by atoms with van der Waals surface area (Å²) in [6, 6.07) is 0. The van der Waals surface area contributed by atoms with Crippen LogP contribution in [0.2, 0.25) is 0 Å². The molecule has 66 valence electrons. The van der Waals surface area contributed by atoms with E-state index < -0.39 is 18.3 Å². The predicted molar refractivity (Wildman–Crippen MR) is 39.2 cm³/mol. The first-order valence-corrected chi connectivity index (χ1v) is 3.46. The standard InChI is InChI=1S/C7H14O4/c1-5(9)7(11-2)6(10)3-4-8/h4-7,9-10H,3H2,1-2H3/t5-,6-,7+/m1/s1. The Bertz CT molecular complexity index is 113. The zero-order valence-corrected chi connectivity index (χ0v) is 6.73. The van der Waals surface area contributed by atoms with Crippen LogP contribution in [0.15, 0.2) is 0 Å². The number of aliphatic hydroxyl groups is 2. The predicted octanol–water partition coefficient (Wildman–Crippen LogP) is -0.668. The summed E-state index contributed by atoms with van der Waals surface area (Å²) in [6.45, 7) is 1.50. The number of ether oxygens (including phenoxy) is 1. The van der Waals surface area contributed by atoms with Crippen molar-refractivity contribution in [3.05, 3.63) is 0 Å². The maximum absolute atomic E-state index is 9.96. The van der Waals surface area contributed by atoms with Gasteiger partial charge in [0, 0.05) is 13.5 Å². The lowest BCUT2D eigenvalue weighted by Crippen LogP contribution is -2.37. The molecular weight excluding hydrogens is 148 g/mol. The van der Waals surface area contributed by atoms with Crippen LogP contribution < -0.4 is 0 Å². The lowest BCUT2D eigenvalue weighted by molar-refractivity contribution is -0.115. The van der Waals surface area contributed by atoms with Gasteiger partial charge in [0.1, 0.15) is 12.4 Å². The first-order chi connectivity index (χ1) is 5.13. The number of methoxy groups -OCH3 is 1. The van der Waals surface area contributed by atoms with Crippen molar-refractivity contribution >= 4 is 6.29 Å². The third-order valence-electron chi connectivity index (χ3n) is 1.46. The average molecular weight is 162 g/mol. The highest BCUT2D eigenvalue weighted by atomic mass is 16.5. The van der Waals surface area contributed by atoms with Crippen LogP contribution in [0.4, 0.5) is 0 Å². The summed E-state index contributed by atoms with van der Waals surface area (Å²) in [4.78, 5) is 9.96. The third kappa shape index (κ3) is 3.46. The Morgan fingerprint density at radius 2 is 2.09 bits per heavy atom. The molecule has 0 fully saturated rings. The highest BCUT2D eigenvalue weighted by Gasteiger charge is 2.22. The summed E-state index contributed by atoms with van der Waals surface area (Å²) in [5, 5.41) is 18.2. The molecule has 0 spiro atoms. The van der Waals surface area contributed by atoms with E-state index in [1.807, 2.05) is 0 Å². The maximum atomic E-state index is 9.96. The van der Waals surface area contributed by atoms with Gasteiger partial charge in [-0.2, -0.15) is 0 Å². The molecule has 0 unspecified atom stereocenters. The van der Waals surface area contributed by atoms with E-state index in [9.17, 15) is 4.79 Å². The van der Waals surface area contributed by atoms with Crippen LogP contribution in [0.25, 0.3) is 0 Å². The van der Waals surface area contributed by atoms with E-state index in [0.717, 1.165) is 0 Å². The van der Waals surface area contributed by atoms with Crippen LogP contribution in [0.3, 0.4) is 0 Å². The number of aldehydes is 1. The van der Waals surface area contributed by atoms with Crippen LogP contribution in [0, 0.1) is 0 Å². The van der Waals surface area contributed by atoms with Crippen LogP contribution in [0.1, 0.15) is 13.3 Å². The Morgan fingerprint density at radius 3 is 2.36 bits per heavy atom. The smallest absolute Gasteiger partial charge is 0.122 e. The van der Waals surface area contributed by atoms with Gasteiger partial charge in [-0.25, -0.2) is 0 Å². The number of aliphatic hydroxyl groups excluding tert-OH is 2. The van der Waals surface area contributed by atoms with Gasteiger partial charge in [0.2, 0.25) is 0 Å². The van der Waals surface area contributed by atoms with Crippen molar-refractivity contribution in [3.8, 4) is 0 Å². The Balaban J connectivity index is 3.90. The van der Waals surface area contributed by atoms with Crippen LogP contribution >= 0.6 is 0 Å². The monoisotopic (exact) mass is 162 g/mol. The maximum Gasteiger partial charge on any atom is 0.122 e. The van der Waals surface area contributed by atoms with E-state index in [-0.39, 0.29) is 6.42 Å². The summed E-state index contributed by atoms with van der Waals surface area (Å²) in [6.07, 6.45) is -1.78. The average Bonchev–Trinajstić information content (AvgIpc) is 1.88. The van der Waals surface area contributed by atoms with Crippen molar-refractivity contribution in [1.82, 2.24) is 0 Å². The van der Waals surface area contributed by atoms with Crippen LogP contribution in [-0.4, -0.2) is 41.9 Å². The Kier molecular flexibility index (Phi) is 5.02. The number of hydrogen-bond acceptors (Lipinski definition) is 4. The van der Waals surface area contributed by atoms with Crippen molar-refractivity contribution < 1.29 is 19.7 Å². The number of carbonyl (C=O) groups is 1. The van der Waals surface area contributed by atoms with Gasteiger partial charge in [-0.1, -0.05) is 0 Å². The molecule has 0 amide bonds. The van der Waals surface area contributed by atoms with Crippen molar-refractivity contribution in [2.24, 2.45) is 0 Å². The highest BCUT2D eigenvalue weighted by Crippen LogP contribution is 2.05. The lowest BCUT2D eigenvalue weighted by atomic mass is 10.1. The van der Waals surface area contributed by atoms with Gasteiger partial charge >= 0.3 is 0 Å². The molecule has 0 aromatic heterocycles. The zero-order chi connectivity index (χ0) is 8.85. The van der Waals surface area contributed by atoms with E-state index in [0.29, 0.717) is 6.29 Å². The Morgan fingerprint density at radius 1 is 1.55 bits per heavy atom. The van der Waals surface area contributed by atoms with E-state index in [1.165, 1.54) is 14.0 Å². The molecule has 2 N–H and O–H groups in total. The molecule has 11 heavy (non-hydrogen) atoms. The fraction of sp³-hybridized carbons (Fsp3) is 0.857. The van der Waals surface area contributed by atoms with Crippen molar-refractivity contribution in [2.45, 2.75) is 31.7 Å². The minimum absolute atomic E-state index is 0.0105. The highest BCUT2D eigenvalue weighted by molar-refractivity contribution is 5.50. The molecule has 0 heterocycles. The third-order valence-corrected chi connectivity index (χ3v) is 1.46. The molecular formula is C7H14O4. The number of hydrogen-bond donors (Lipinski definition) is 2. The van der Waals surface area contributed by atoms with Gasteiger partial charge in [0.05, 0.1) is 12.2 Å². The van der Waals surface area contributed by atoms with E-state index in [2.05, 4.69) is 0 Å². The molecule has 3 atom stereocenters. The molecule has 0 aliphatic carbocycles. The van der Waals surface area contributed by atoms with Crippen molar-refractivity contribution in [1.29, 1.82) is 0 Å². The summed E-state index contributed by atoms with van der Waals surface area (Å²) in [7, 11) is 1.38. The molecule has 0 aromatic carbocycles. The molecule has 4 heteroatoms. The molecule has 0 saturated carbocycles. The minimum Gasteiger partial charge on any atom is -0.391 e. The fourth-order valence-electron chi connectivity index (χ4n) is 0.908. The quantitative estimate of drug-likeness (QED) is 0.526. The van der Waals surface area contributed by atoms with Gasteiger partial charge in [0.15, 0.2) is 0 Å². The largest absolute Gasteiger partial charge is 0.391 e. The molecule has 0 rings (SSSR count). The lowest BCUT2D eigenvalue weighted by Gasteiger charge is -2.22. The zero-order valence-electron chi connectivity index (χ0n) is 6.73. The van der Waals surface area contributed by atoms with E-state index in [1.54, 1.807) is 0 Å². The van der Waals surface area contributed by atoms with E-state index in [4.69, 9.17) is 14.9 Å². The second kappa shape index (κ2) is 5.23. The van der Waals surface area contributed by atoms with Gasteiger partial charge in [-0.05, 0) is 6.92 Å². The number of carbonyl (C=O) groups excluding carboxylic acids is 1. The first-order valence-electron chi connectivity index (χ1n) is 3.46. The molecule has 0 saturated heterocycles. The topological polar surface area (TPSA) is 66.8 Å². The van der Waals surface area contributed by atoms with Crippen LogP contribution in [0.5, 0.6) is 0 Å². The molecule has 0 radical (unpaired) electrons. The SMILES string of the molecule is CO[C@H]([C@H](O)CC=O)[C@@H](C)O. The summed E-state index contributed by atoms with van der Waals surface area (Å²) in [5.41, 5.74) is 0. The normalized spacial score (nSPS) is 18.9. The Hall–Kier alpha value is -0.450. The van der Waals surface area contributed by atoms with Gasteiger partial charge in [0.25, 0.3) is 0 Å². The second-order valence-corrected chi connectivity index (χ2v) is 2.41. The molecule has 4 nitrogen and oxygen atoms in total. The van der Waals surface area contributed by atoms with Crippen LogP contribution in [-0.2, 0) is 9.53 Å². The fourth-order valence-corrected chi connectivity index (χ4v) is 0.908. The molecule has 0 aliphatic rings. The molecule has 0 bridgehead atoms. The van der Waals surface area contributed by atoms with Crippen molar-refractivity contribution in [3.63, 3.8) is 0 Å². The van der Waals surface area contributed by atoms with E-state index >= 15 is 0 Å². The summed E-state index contributed by atoms with van der Waals surface area (Å²) in [5.74, 6) is 0. The second-order valence-electron chi connectivity index (χ2n) is 2.41.